The van der Waals surface area contributed by atoms with E-state index in [0.29, 0.717) is 12.8 Å². The first-order valence-electron chi connectivity index (χ1n) is 3.87. The lowest BCUT2D eigenvalue weighted by Gasteiger charge is -2.19. The number of carbonyl (C=O) groups is 2. The minimum atomic E-state index is -0.287. The Balaban J connectivity index is 2.34. The van der Waals surface area contributed by atoms with E-state index in [1.807, 2.05) is 0 Å². The van der Waals surface area contributed by atoms with Gasteiger partial charge < -0.3 is 4.74 Å². The fourth-order valence-corrected chi connectivity index (χ4v) is 1.32. The molecular weight excluding hydrogens is 144 g/mol. The van der Waals surface area contributed by atoms with E-state index in [4.69, 9.17) is 4.74 Å². The molecule has 1 atom stereocenters. The Labute approximate surface area is 65.7 Å². The first kappa shape index (κ1) is 8.24. The van der Waals surface area contributed by atoms with Gasteiger partial charge in [-0.2, -0.15) is 0 Å². The summed E-state index contributed by atoms with van der Waals surface area (Å²) in [6.45, 7) is 1.37. The molecule has 0 aromatic heterocycles. The smallest absolute Gasteiger partial charge is 0.302 e. The Kier molecular flexibility index (Phi) is 2.63. The van der Waals surface area contributed by atoms with Crippen molar-refractivity contribution in [1.82, 2.24) is 0 Å². The predicted octanol–water partition coefficient (Wildman–Crippen LogP) is 1.06. The maximum Gasteiger partial charge on any atom is 0.302 e. The average Bonchev–Trinajstić information content (AvgIpc) is 1.85. The van der Waals surface area contributed by atoms with Gasteiger partial charge in [0.1, 0.15) is 11.9 Å². The molecule has 3 heteroatoms. The Morgan fingerprint density at radius 1 is 1.64 bits per heavy atom. The fraction of sp³-hybridized carbons (Fsp3) is 0.750. The lowest BCUT2D eigenvalue weighted by Crippen LogP contribution is -2.24. The van der Waals surface area contributed by atoms with Crippen LogP contribution in [0.15, 0.2) is 0 Å². The van der Waals surface area contributed by atoms with Crippen molar-refractivity contribution >= 4 is 11.8 Å². The molecule has 0 aromatic carbocycles. The Bertz CT molecular complexity index is 172. The average molecular weight is 156 g/mol. The number of Topliss-reactive ketones (excluding diaryl/α,β-unsaturated/α-hetero) is 1. The highest BCUT2D eigenvalue weighted by atomic mass is 16.5. The van der Waals surface area contributed by atoms with Crippen LogP contribution in [-0.2, 0) is 14.3 Å². The summed E-state index contributed by atoms with van der Waals surface area (Å²) in [5.41, 5.74) is 0. The summed E-state index contributed by atoms with van der Waals surface area (Å²) >= 11 is 0. The van der Waals surface area contributed by atoms with E-state index in [-0.39, 0.29) is 17.9 Å². The van der Waals surface area contributed by atoms with Crippen molar-refractivity contribution in [2.45, 2.75) is 38.7 Å². The zero-order valence-electron chi connectivity index (χ0n) is 6.63. The van der Waals surface area contributed by atoms with Crippen LogP contribution in [0.4, 0.5) is 0 Å². The summed E-state index contributed by atoms with van der Waals surface area (Å²) in [7, 11) is 0. The summed E-state index contributed by atoms with van der Waals surface area (Å²) < 4.78 is 4.90. The van der Waals surface area contributed by atoms with Crippen molar-refractivity contribution in [1.29, 1.82) is 0 Å². The van der Waals surface area contributed by atoms with E-state index >= 15 is 0 Å². The van der Waals surface area contributed by atoms with Crippen molar-refractivity contribution < 1.29 is 14.3 Å². The normalized spacial score (nSPS) is 24.8. The van der Waals surface area contributed by atoms with Crippen LogP contribution >= 0.6 is 0 Å². The Hall–Kier alpha value is -0.860. The zero-order chi connectivity index (χ0) is 8.27. The highest BCUT2D eigenvalue weighted by Gasteiger charge is 2.21. The molecule has 1 saturated carbocycles. The van der Waals surface area contributed by atoms with Crippen LogP contribution in [0.25, 0.3) is 0 Å². The zero-order valence-corrected chi connectivity index (χ0v) is 6.63. The van der Waals surface area contributed by atoms with Crippen LogP contribution < -0.4 is 0 Å². The second-order valence-corrected chi connectivity index (χ2v) is 2.87. The molecular formula is C8H12O3. The second kappa shape index (κ2) is 3.51. The summed E-state index contributed by atoms with van der Waals surface area (Å²) in [5.74, 6) is -0.0767. The Morgan fingerprint density at radius 2 is 2.36 bits per heavy atom. The van der Waals surface area contributed by atoms with Gasteiger partial charge in [0, 0.05) is 19.8 Å². The summed E-state index contributed by atoms with van der Waals surface area (Å²) in [4.78, 5) is 21.3. The summed E-state index contributed by atoms with van der Waals surface area (Å²) in [6.07, 6.45) is 2.62. The number of ether oxygens (including phenoxy) is 1. The molecule has 11 heavy (non-hydrogen) atoms. The third-order valence-electron chi connectivity index (χ3n) is 1.77. The van der Waals surface area contributed by atoms with Gasteiger partial charge in [0.05, 0.1) is 0 Å². The van der Waals surface area contributed by atoms with Gasteiger partial charge in [-0.15, -0.1) is 0 Å². The molecule has 1 rings (SSSR count). The molecule has 62 valence electrons. The summed E-state index contributed by atoms with van der Waals surface area (Å²) in [6, 6.07) is 0. The van der Waals surface area contributed by atoms with E-state index in [1.165, 1.54) is 6.92 Å². The van der Waals surface area contributed by atoms with Crippen molar-refractivity contribution in [3.63, 3.8) is 0 Å². The maximum absolute atomic E-state index is 10.9. The third kappa shape index (κ3) is 2.70. The molecule has 0 heterocycles. The number of esters is 1. The number of hydrogen-bond donors (Lipinski definition) is 0. The predicted molar refractivity (Wildman–Crippen MR) is 39.0 cm³/mol. The summed E-state index contributed by atoms with van der Waals surface area (Å²) in [5, 5.41) is 0. The minimum absolute atomic E-state index is 0.145. The first-order valence-corrected chi connectivity index (χ1v) is 3.87. The van der Waals surface area contributed by atoms with E-state index in [0.717, 1.165) is 12.8 Å². The van der Waals surface area contributed by atoms with E-state index in [2.05, 4.69) is 0 Å². The van der Waals surface area contributed by atoms with Crippen molar-refractivity contribution in [2.75, 3.05) is 0 Å². The SMILES string of the molecule is CC(=O)OC1CCCC(=O)C1. The lowest BCUT2D eigenvalue weighted by molar-refractivity contribution is -0.149. The van der Waals surface area contributed by atoms with Gasteiger partial charge in [0.25, 0.3) is 0 Å². The molecule has 0 spiro atoms. The molecule has 0 aromatic rings. The molecule has 1 fully saturated rings. The van der Waals surface area contributed by atoms with E-state index in [9.17, 15) is 9.59 Å². The van der Waals surface area contributed by atoms with Crippen molar-refractivity contribution in [3.05, 3.63) is 0 Å². The van der Waals surface area contributed by atoms with Crippen LogP contribution in [0, 0.1) is 0 Å². The van der Waals surface area contributed by atoms with Gasteiger partial charge in [0.2, 0.25) is 0 Å². The third-order valence-corrected chi connectivity index (χ3v) is 1.77. The van der Waals surface area contributed by atoms with Gasteiger partial charge >= 0.3 is 5.97 Å². The first-order chi connectivity index (χ1) is 5.18. The van der Waals surface area contributed by atoms with Crippen molar-refractivity contribution in [3.8, 4) is 0 Å². The van der Waals surface area contributed by atoms with Crippen LogP contribution in [-0.4, -0.2) is 17.9 Å². The molecule has 1 aliphatic carbocycles. The van der Waals surface area contributed by atoms with E-state index < -0.39 is 0 Å². The van der Waals surface area contributed by atoms with Crippen LogP contribution in [0.5, 0.6) is 0 Å². The minimum Gasteiger partial charge on any atom is -0.462 e. The highest BCUT2D eigenvalue weighted by molar-refractivity contribution is 5.80. The van der Waals surface area contributed by atoms with E-state index in [1.54, 1.807) is 0 Å². The fourth-order valence-electron chi connectivity index (χ4n) is 1.32. The molecule has 3 nitrogen and oxygen atoms in total. The number of rotatable bonds is 1. The van der Waals surface area contributed by atoms with Gasteiger partial charge in [-0.1, -0.05) is 0 Å². The largest absolute Gasteiger partial charge is 0.462 e. The molecule has 0 N–H and O–H groups in total. The van der Waals surface area contributed by atoms with Gasteiger partial charge in [0.15, 0.2) is 0 Å². The van der Waals surface area contributed by atoms with Crippen LogP contribution in [0.3, 0.4) is 0 Å². The molecule has 1 aliphatic rings. The van der Waals surface area contributed by atoms with Crippen molar-refractivity contribution in [2.24, 2.45) is 0 Å². The quantitative estimate of drug-likeness (QED) is 0.533. The lowest BCUT2D eigenvalue weighted by atomic mass is 9.96. The standard InChI is InChI=1S/C8H12O3/c1-6(9)11-8-4-2-3-7(10)5-8/h8H,2-5H2,1H3. The molecule has 0 radical (unpaired) electrons. The molecule has 1 unspecified atom stereocenters. The number of carbonyl (C=O) groups excluding carboxylic acids is 2. The monoisotopic (exact) mass is 156 g/mol. The number of hydrogen-bond acceptors (Lipinski definition) is 3. The van der Waals surface area contributed by atoms with Gasteiger partial charge in [-0.05, 0) is 12.8 Å². The molecule has 0 saturated heterocycles. The van der Waals surface area contributed by atoms with Crippen LogP contribution in [0.1, 0.15) is 32.6 Å². The second-order valence-electron chi connectivity index (χ2n) is 2.87. The Morgan fingerprint density at radius 3 is 2.91 bits per heavy atom. The van der Waals surface area contributed by atoms with Crippen LogP contribution in [0.2, 0.25) is 0 Å². The molecule has 0 amide bonds. The highest BCUT2D eigenvalue weighted by Crippen LogP contribution is 2.17. The topological polar surface area (TPSA) is 43.4 Å². The maximum atomic E-state index is 10.9. The number of ketones is 1. The van der Waals surface area contributed by atoms with Gasteiger partial charge in [-0.3, -0.25) is 9.59 Å². The molecule has 0 aliphatic heterocycles. The van der Waals surface area contributed by atoms with Gasteiger partial charge in [-0.25, -0.2) is 0 Å². The molecule has 0 bridgehead atoms.